The maximum absolute atomic E-state index is 14.2. The molecular weight excluding hydrogens is 666 g/mol. The zero-order valence-corrected chi connectivity index (χ0v) is 28.9. The number of aryl methyl sites for hydroxylation is 1. The van der Waals surface area contributed by atoms with Gasteiger partial charge in [0.25, 0.3) is 17.7 Å². The molecule has 8 rings (SSSR count). The van der Waals surface area contributed by atoms with Crippen molar-refractivity contribution in [3.05, 3.63) is 125 Å². The molecule has 51 heavy (non-hydrogen) atoms. The lowest BCUT2D eigenvalue weighted by molar-refractivity contribution is -0.000511. The molecule has 0 bridgehead atoms. The van der Waals surface area contributed by atoms with Gasteiger partial charge in [-0.1, -0.05) is 30.3 Å². The van der Waals surface area contributed by atoms with Crippen LogP contribution in [0.5, 0.6) is 0 Å². The Morgan fingerprint density at radius 2 is 1.61 bits per heavy atom. The second-order valence-electron chi connectivity index (χ2n) is 13.5. The van der Waals surface area contributed by atoms with Crippen molar-refractivity contribution in [2.75, 3.05) is 53.3 Å². The number of nitrogens with one attached hydrogen (secondary N) is 2. The lowest BCUT2D eigenvalue weighted by Crippen LogP contribution is -2.59. The number of benzene rings is 3. The Kier molecular flexibility index (Phi) is 8.61. The van der Waals surface area contributed by atoms with Gasteiger partial charge in [-0.25, -0.2) is 9.37 Å². The number of amides is 3. The maximum Gasteiger partial charge on any atom is 0.259 e. The number of halogens is 1. The van der Waals surface area contributed by atoms with Crippen LogP contribution in [0.4, 0.5) is 26.6 Å². The highest BCUT2D eigenvalue weighted by atomic mass is 32.1. The van der Waals surface area contributed by atoms with Gasteiger partial charge in [-0.3, -0.25) is 14.4 Å². The summed E-state index contributed by atoms with van der Waals surface area (Å²) in [5.74, 6) is -0.801. The second-order valence-corrected chi connectivity index (χ2v) is 14.6. The molecule has 5 heterocycles. The van der Waals surface area contributed by atoms with Crippen molar-refractivity contribution >= 4 is 51.3 Å². The highest BCUT2D eigenvalue weighted by Crippen LogP contribution is 2.44. The van der Waals surface area contributed by atoms with Gasteiger partial charge in [0.05, 0.1) is 21.8 Å². The Hall–Kier alpha value is -5.39. The standard InChI is InChI=1S/C40H36FN5O4S/c1-25-20-31(36(42-22-25)45-23-40(24-45)15-18-50-19-16-40)38(48)43-28-12-10-26(11-13-28)39(49)46-17-14-27-21-34(44-37(47)29-6-2-4-8-32(29)41)51-35(27)30-7-3-5-9-33(30)46/h2-13,20-22H,14-19,23-24H2,1H3,(H,43,48)(H,44,47). The van der Waals surface area contributed by atoms with Gasteiger partial charge in [0.15, 0.2) is 0 Å². The van der Waals surface area contributed by atoms with E-state index in [1.165, 1.54) is 23.5 Å². The molecule has 3 aliphatic heterocycles. The number of carbonyl (C=O) groups is 3. The summed E-state index contributed by atoms with van der Waals surface area (Å²) in [7, 11) is 0. The first kappa shape index (κ1) is 32.8. The predicted octanol–water partition coefficient (Wildman–Crippen LogP) is 7.58. The lowest BCUT2D eigenvalue weighted by Gasteiger charge is -2.53. The number of para-hydroxylation sites is 1. The fourth-order valence-corrected chi connectivity index (χ4v) is 8.40. The Morgan fingerprint density at radius 3 is 2.39 bits per heavy atom. The normalized spacial score (nSPS) is 16.0. The zero-order valence-electron chi connectivity index (χ0n) is 28.1. The molecule has 9 nitrogen and oxygen atoms in total. The van der Waals surface area contributed by atoms with Gasteiger partial charge in [-0.15, -0.1) is 11.3 Å². The summed E-state index contributed by atoms with van der Waals surface area (Å²) in [5, 5.41) is 6.47. The Morgan fingerprint density at radius 1 is 0.882 bits per heavy atom. The summed E-state index contributed by atoms with van der Waals surface area (Å²) in [6.45, 7) is 5.64. The molecule has 0 saturated carbocycles. The van der Waals surface area contributed by atoms with E-state index in [0.29, 0.717) is 40.6 Å². The zero-order chi connectivity index (χ0) is 35.1. The van der Waals surface area contributed by atoms with E-state index in [0.717, 1.165) is 66.4 Å². The maximum atomic E-state index is 14.2. The van der Waals surface area contributed by atoms with Crippen molar-refractivity contribution in [3.8, 4) is 10.4 Å². The van der Waals surface area contributed by atoms with Crippen LogP contribution in [0, 0.1) is 18.2 Å². The van der Waals surface area contributed by atoms with Crippen LogP contribution in [0.2, 0.25) is 0 Å². The van der Waals surface area contributed by atoms with Crippen LogP contribution in [0.3, 0.4) is 0 Å². The van der Waals surface area contributed by atoms with E-state index in [2.05, 4.69) is 20.5 Å². The number of hydrogen-bond acceptors (Lipinski definition) is 7. The molecule has 0 aliphatic carbocycles. The van der Waals surface area contributed by atoms with Crippen molar-refractivity contribution in [1.82, 2.24) is 4.98 Å². The van der Waals surface area contributed by atoms with Crippen molar-refractivity contribution in [2.24, 2.45) is 5.41 Å². The second kappa shape index (κ2) is 13.4. The first-order valence-electron chi connectivity index (χ1n) is 17.1. The molecule has 11 heteroatoms. The number of ether oxygens (including phenoxy) is 1. The van der Waals surface area contributed by atoms with Gasteiger partial charge in [-0.05, 0) is 91.9 Å². The van der Waals surface area contributed by atoms with E-state index >= 15 is 0 Å². The number of rotatable bonds is 6. The molecule has 2 N–H and O–H groups in total. The lowest BCUT2D eigenvalue weighted by atomic mass is 9.73. The van der Waals surface area contributed by atoms with Crippen LogP contribution in [-0.4, -0.2) is 55.6 Å². The summed E-state index contributed by atoms with van der Waals surface area (Å²) in [5.41, 5.74) is 5.37. The molecule has 1 spiro atoms. The highest BCUT2D eigenvalue weighted by Gasteiger charge is 2.45. The molecule has 0 unspecified atom stereocenters. The number of pyridine rings is 1. The van der Waals surface area contributed by atoms with E-state index in [-0.39, 0.29) is 22.8 Å². The number of nitrogens with zero attached hydrogens (tertiary/aromatic N) is 3. The van der Waals surface area contributed by atoms with Crippen LogP contribution in [-0.2, 0) is 11.2 Å². The van der Waals surface area contributed by atoms with E-state index in [1.807, 2.05) is 43.3 Å². The smallest absolute Gasteiger partial charge is 0.259 e. The van der Waals surface area contributed by atoms with Gasteiger partial charge in [-0.2, -0.15) is 0 Å². The summed E-state index contributed by atoms with van der Waals surface area (Å²) < 4.78 is 19.8. The minimum absolute atomic E-state index is 0.0176. The molecule has 0 atom stereocenters. The quantitative estimate of drug-likeness (QED) is 0.189. The van der Waals surface area contributed by atoms with Gasteiger partial charge in [0.2, 0.25) is 0 Å². The molecule has 3 aliphatic rings. The van der Waals surface area contributed by atoms with Gasteiger partial charge >= 0.3 is 0 Å². The average Bonchev–Trinajstić information content (AvgIpc) is 3.46. The third-order valence-electron chi connectivity index (χ3n) is 10.00. The molecule has 5 aromatic rings. The molecular formula is C40H36FN5O4S. The van der Waals surface area contributed by atoms with E-state index < -0.39 is 11.7 Å². The van der Waals surface area contributed by atoms with Gasteiger partial charge in [0.1, 0.15) is 11.6 Å². The number of hydrogen-bond donors (Lipinski definition) is 2. The van der Waals surface area contributed by atoms with Crippen LogP contribution in [0.15, 0.2) is 91.1 Å². The fourth-order valence-electron chi connectivity index (χ4n) is 7.26. The Bertz CT molecular complexity index is 2150. The van der Waals surface area contributed by atoms with E-state index in [4.69, 9.17) is 4.74 Å². The summed E-state index contributed by atoms with van der Waals surface area (Å²) in [6, 6.07) is 24.3. The number of carbonyl (C=O) groups excluding carboxylic acids is 3. The third-order valence-corrected chi connectivity index (χ3v) is 11.1. The third kappa shape index (κ3) is 6.39. The molecule has 0 radical (unpaired) electrons. The molecule has 2 fully saturated rings. The number of aromatic nitrogens is 1. The van der Waals surface area contributed by atoms with Crippen molar-refractivity contribution in [2.45, 2.75) is 26.2 Å². The van der Waals surface area contributed by atoms with Crippen LogP contribution in [0.1, 0.15) is 55.0 Å². The average molecular weight is 702 g/mol. The van der Waals surface area contributed by atoms with Crippen molar-refractivity contribution < 1.29 is 23.5 Å². The molecule has 3 aromatic carbocycles. The minimum Gasteiger partial charge on any atom is -0.381 e. The number of anilines is 4. The van der Waals surface area contributed by atoms with Crippen LogP contribution < -0.4 is 20.4 Å². The molecule has 3 amide bonds. The fraction of sp³-hybridized carbons (Fsp3) is 0.250. The Labute approximate surface area is 299 Å². The molecule has 2 aromatic heterocycles. The topological polar surface area (TPSA) is 104 Å². The van der Waals surface area contributed by atoms with Gasteiger partial charge in [0, 0.05) is 66.2 Å². The van der Waals surface area contributed by atoms with Crippen molar-refractivity contribution in [3.63, 3.8) is 0 Å². The SMILES string of the molecule is Cc1cnc(N2CC3(CCOCC3)C2)c(C(=O)Nc2ccc(C(=O)N3CCc4cc(NC(=O)c5ccccc5F)sc4-c4ccccc43)cc2)c1. The monoisotopic (exact) mass is 701 g/mol. The molecule has 2 saturated heterocycles. The highest BCUT2D eigenvalue weighted by molar-refractivity contribution is 7.19. The Balaban J connectivity index is 0.971. The first-order chi connectivity index (χ1) is 24.8. The predicted molar refractivity (Wildman–Crippen MR) is 198 cm³/mol. The summed E-state index contributed by atoms with van der Waals surface area (Å²) in [4.78, 5) is 50.0. The van der Waals surface area contributed by atoms with Crippen LogP contribution >= 0.6 is 11.3 Å². The van der Waals surface area contributed by atoms with E-state index in [9.17, 15) is 18.8 Å². The number of thiophene rings is 1. The van der Waals surface area contributed by atoms with Crippen LogP contribution in [0.25, 0.3) is 10.4 Å². The van der Waals surface area contributed by atoms with Gasteiger partial charge < -0.3 is 25.2 Å². The first-order valence-corrected chi connectivity index (χ1v) is 17.9. The van der Waals surface area contributed by atoms with E-state index in [1.54, 1.807) is 47.5 Å². The summed E-state index contributed by atoms with van der Waals surface area (Å²) >= 11 is 1.40. The largest absolute Gasteiger partial charge is 0.381 e. The summed E-state index contributed by atoms with van der Waals surface area (Å²) in [6.07, 6.45) is 4.42. The molecule has 258 valence electrons. The minimum atomic E-state index is -0.577. The van der Waals surface area contributed by atoms with Crippen molar-refractivity contribution in [1.29, 1.82) is 0 Å². The number of fused-ring (bicyclic) bond motifs is 3.